The van der Waals surface area contributed by atoms with Gasteiger partial charge in [-0.3, -0.25) is 9.69 Å². The molecule has 9 heteroatoms. The Morgan fingerprint density at radius 2 is 1.79 bits per heavy atom. The highest BCUT2D eigenvalue weighted by molar-refractivity contribution is 9.10. The molecule has 2 aliphatic rings. The average Bonchev–Trinajstić information content (AvgIpc) is 2.86. The normalized spacial score (nSPS) is 16.7. The Balaban J connectivity index is 0.000000221. The molecule has 2 aromatic heterocycles. The summed E-state index contributed by atoms with van der Waals surface area (Å²) >= 11 is 3.18. The van der Waals surface area contributed by atoms with Crippen LogP contribution >= 0.6 is 15.9 Å². The lowest BCUT2D eigenvalue weighted by molar-refractivity contribution is 0.0324. The summed E-state index contributed by atoms with van der Waals surface area (Å²) in [7, 11) is 0. The predicted molar refractivity (Wildman–Crippen MR) is 133 cm³/mol. The summed E-state index contributed by atoms with van der Waals surface area (Å²) in [6, 6.07) is 1.57. The average molecular weight is 521 g/mol. The number of pyridine rings is 2. The van der Waals surface area contributed by atoms with Crippen LogP contribution in [0.2, 0.25) is 0 Å². The smallest absolute Gasteiger partial charge is 0.343 e. The minimum Gasteiger partial charge on any atom is -0.462 e. The van der Waals surface area contributed by atoms with Gasteiger partial charge in [-0.05, 0) is 54.9 Å². The third kappa shape index (κ3) is 8.55. The number of likely N-dealkylation sites (tertiary alicyclic amines) is 1. The number of nitrogens with zero attached hydrogens (tertiary/aromatic N) is 3. The lowest BCUT2D eigenvalue weighted by Gasteiger charge is -2.31. The number of carbonyl (C=O) groups is 1. The molecule has 0 unspecified atom stereocenters. The van der Waals surface area contributed by atoms with Gasteiger partial charge in [0, 0.05) is 32.4 Å². The van der Waals surface area contributed by atoms with Crippen LogP contribution in [0.15, 0.2) is 27.9 Å². The first kappa shape index (κ1) is 27.0. The zero-order valence-corrected chi connectivity index (χ0v) is 20.8. The van der Waals surface area contributed by atoms with E-state index in [0.717, 1.165) is 26.3 Å². The summed E-state index contributed by atoms with van der Waals surface area (Å²) < 4.78 is 10.7. The first-order chi connectivity index (χ1) is 16.1. The summed E-state index contributed by atoms with van der Waals surface area (Å²) in [6.07, 6.45) is 15.1. The number of rotatable bonds is 5. The van der Waals surface area contributed by atoms with Crippen molar-refractivity contribution in [2.75, 3.05) is 59.1 Å². The number of carbonyl (C=O) groups excluding carboxylic acids is 1. The summed E-state index contributed by atoms with van der Waals surface area (Å²) in [6.45, 7) is 11.2. The first-order valence-corrected chi connectivity index (χ1v) is 12.1. The Kier molecular flexibility index (Phi) is 12.1. The van der Waals surface area contributed by atoms with E-state index >= 15 is 0 Å². The molecule has 4 heterocycles. The molecule has 33 heavy (non-hydrogen) atoms. The van der Waals surface area contributed by atoms with Crippen molar-refractivity contribution in [1.29, 1.82) is 0 Å². The largest absolute Gasteiger partial charge is 0.462 e. The fourth-order valence-electron chi connectivity index (χ4n) is 3.74. The van der Waals surface area contributed by atoms with E-state index in [9.17, 15) is 9.59 Å². The first-order valence-electron chi connectivity index (χ1n) is 11.3. The number of hydrogen-bond acceptors (Lipinski definition) is 7. The number of aromatic amines is 1. The number of halogens is 1. The van der Waals surface area contributed by atoms with Crippen LogP contribution in [0.25, 0.3) is 10.9 Å². The van der Waals surface area contributed by atoms with Crippen molar-refractivity contribution < 1.29 is 14.3 Å². The van der Waals surface area contributed by atoms with E-state index in [-0.39, 0.29) is 17.6 Å². The molecule has 0 aromatic carbocycles. The highest BCUT2D eigenvalue weighted by Crippen LogP contribution is 2.13. The minimum atomic E-state index is -0.622. The fourth-order valence-corrected chi connectivity index (χ4v) is 4.08. The van der Waals surface area contributed by atoms with Crippen LogP contribution in [-0.2, 0) is 9.47 Å². The van der Waals surface area contributed by atoms with E-state index in [1.54, 1.807) is 13.0 Å². The van der Waals surface area contributed by atoms with Crippen molar-refractivity contribution >= 4 is 32.8 Å². The third-order valence-corrected chi connectivity index (χ3v) is 5.95. The summed E-state index contributed by atoms with van der Waals surface area (Å²) in [5.74, 6) is -0.622. The molecule has 2 fully saturated rings. The van der Waals surface area contributed by atoms with Crippen molar-refractivity contribution in [3.63, 3.8) is 0 Å². The van der Waals surface area contributed by atoms with Crippen LogP contribution < -0.4 is 5.43 Å². The highest BCUT2D eigenvalue weighted by atomic mass is 79.9. The van der Waals surface area contributed by atoms with Crippen LogP contribution in [0, 0.1) is 12.8 Å². The molecule has 180 valence electrons. The fraction of sp³-hybridized carbons (Fsp3) is 0.542. The van der Waals surface area contributed by atoms with E-state index < -0.39 is 5.97 Å². The van der Waals surface area contributed by atoms with Crippen molar-refractivity contribution in [1.82, 2.24) is 19.8 Å². The summed E-state index contributed by atoms with van der Waals surface area (Å²) in [5, 5.41) is 0.400. The van der Waals surface area contributed by atoms with Crippen molar-refractivity contribution in [3.8, 4) is 12.8 Å². The van der Waals surface area contributed by atoms with Crippen molar-refractivity contribution in [2.45, 2.75) is 26.2 Å². The number of ether oxygens (including phenoxy) is 2. The molecule has 0 atom stereocenters. The van der Waals surface area contributed by atoms with E-state index in [2.05, 4.69) is 48.5 Å². The van der Waals surface area contributed by atoms with Crippen LogP contribution in [0.4, 0.5) is 0 Å². The molecule has 8 nitrogen and oxygen atoms in total. The SMILES string of the molecule is C#C.C1CCN(CCN2CCOCC2)CC1.CCOC(=O)c1c[nH]c2cnc(Br)cc2c1=O. The van der Waals surface area contributed by atoms with Crippen molar-refractivity contribution in [3.05, 3.63) is 38.9 Å². The Labute approximate surface area is 203 Å². The van der Waals surface area contributed by atoms with E-state index in [1.807, 2.05) is 0 Å². The molecule has 4 rings (SSSR count). The maximum Gasteiger partial charge on any atom is 0.343 e. The van der Waals surface area contributed by atoms with Crippen LogP contribution in [0.1, 0.15) is 36.5 Å². The molecule has 0 bridgehead atoms. The van der Waals surface area contributed by atoms with Gasteiger partial charge in [0.15, 0.2) is 0 Å². The number of H-pyrrole nitrogens is 1. The molecular formula is C24H33BrN4O4. The Hall–Kier alpha value is -2.25. The van der Waals surface area contributed by atoms with Gasteiger partial charge in [0.1, 0.15) is 10.2 Å². The van der Waals surface area contributed by atoms with Gasteiger partial charge in [0.25, 0.3) is 0 Å². The van der Waals surface area contributed by atoms with E-state index in [0.29, 0.717) is 15.5 Å². The van der Waals surface area contributed by atoms with Gasteiger partial charge >= 0.3 is 5.97 Å². The second-order valence-electron chi connectivity index (χ2n) is 7.66. The Morgan fingerprint density at radius 1 is 1.15 bits per heavy atom. The second-order valence-corrected chi connectivity index (χ2v) is 8.47. The number of piperidine rings is 1. The summed E-state index contributed by atoms with van der Waals surface area (Å²) in [4.78, 5) is 35.5. The molecule has 2 saturated heterocycles. The molecule has 0 aliphatic carbocycles. The van der Waals surface area contributed by atoms with Gasteiger partial charge in [-0.15, -0.1) is 12.8 Å². The molecule has 2 aliphatic heterocycles. The van der Waals surface area contributed by atoms with Crippen LogP contribution in [0.3, 0.4) is 0 Å². The molecule has 0 amide bonds. The van der Waals surface area contributed by atoms with E-state index in [4.69, 9.17) is 9.47 Å². The highest BCUT2D eigenvalue weighted by Gasteiger charge is 2.15. The van der Waals surface area contributed by atoms with Gasteiger partial charge in [-0.25, -0.2) is 9.78 Å². The number of hydrogen-bond donors (Lipinski definition) is 1. The maximum atomic E-state index is 12.0. The number of fused-ring (bicyclic) bond motifs is 1. The Bertz CT molecular complexity index is 932. The lowest BCUT2D eigenvalue weighted by atomic mass is 10.1. The third-order valence-electron chi connectivity index (χ3n) is 5.51. The van der Waals surface area contributed by atoms with E-state index in [1.165, 1.54) is 57.8 Å². The van der Waals surface area contributed by atoms with Gasteiger partial charge in [-0.2, -0.15) is 0 Å². The standard InChI is InChI=1S/C11H9BrN2O3.C11H22N2O.C2H2/c1-2-17-11(16)7-4-13-8-5-14-9(12)3-6(8)10(7)15;1-2-4-12(5-3-1)6-7-13-8-10-14-11-9-13;1-2/h3-5H,2H2,1H3,(H,13,15);1-11H2;1-2H. The predicted octanol–water partition coefficient (Wildman–Crippen LogP) is 2.92. The number of nitrogens with one attached hydrogen (secondary N) is 1. The zero-order chi connectivity index (χ0) is 24.1. The second kappa shape index (κ2) is 14.8. The monoisotopic (exact) mass is 520 g/mol. The number of esters is 1. The van der Waals surface area contributed by atoms with Gasteiger partial charge in [-0.1, -0.05) is 6.42 Å². The minimum absolute atomic E-state index is 0.00236. The molecule has 0 spiro atoms. The number of terminal acetylenes is 1. The Morgan fingerprint density at radius 3 is 2.42 bits per heavy atom. The molecule has 0 saturated carbocycles. The molecule has 2 aromatic rings. The molecule has 1 N–H and O–H groups in total. The maximum absolute atomic E-state index is 12.0. The molecule has 0 radical (unpaired) electrons. The summed E-state index contributed by atoms with van der Waals surface area (Å²) in [5.41, 5.74) is 0.212. The number of aromatic nitrogens is 2. The number of morpholine rings is 1. The van der Waals surface area contributed by atoms with Gasteiger partial charge in [0.05, 0.1) is 36.9 Å². The van der Waals surface area contributed by atoms with Gasteiger partial charge < -0.3 is 19.4 Å². The zero-order valence-electron chi connectivity index (χ0n) is 19.2. The van der Waals surface area contributed by atoms with Crippen LogP contribution in [-0.4, -0.2) is 84.8 Å². The molecular weight excluding hydrogens is 488 g/mol. The van der Waals surface area contributed by atoms with Crippen molar-refractivity contribution in [2.24, 2.45) is 0 Å². The topological polar surface area (TPSA) is 87.8 Å². The van der Waals surface area contributed by atoms with Gasteiger partial charge in [0.2, 0.25) is 5.43 Å². The quantitative estimate of drug-likeness (QED) is 0.368. The lowest BCUT2D eigenvalue weighted by Crippen LogP contribution is -2.42. The van der Waals surface area contributed by atoms with Crippen LogP contribution in [0.5, 0.6) is 0 Å².